The first-order chi connectivity index (χ1) is 11.0. The second kappa shape index (κ2) is 7.55. The predicted molar refractivity (Wildman–Crippen MR) is 81.1 cm³/mol. The quantitative estimate of drug-likeness (QED) is 0.734. The SMILES string of the molecule is Cc1ccc(NC(=O)C(=O)NCCC(O)c2ccoc2)cc1F. The lowest BCUT2D eigenvalue weighted by Gasteiger charge is -2.10. The number of amides is 2. The molecule has 7 heteroatoms. The topological polar surface area (TPSA) is 91.6 Å². The molecule has 0 radical (unpaired) electrons. The zero-order chi connectivity index (χ0) is 16.8. The van der Waals surface area contributed by atoms with Crippen LogP contribution in [0, 0.1) is 12.7 Å². The standard InChI is InChI=1S/C16H17FN2O4/c1-10-2-3-12(8-13(10)17)19-16(22)15(21)18-6-4-14(20)11-5-7-23-9-11/h2-3,5,7-9,14,20H,4,6H2,1H3,(H,18,21)(H,19,22). The molecule has 0 aliphatic heterocycles. The molecule has 3 N–H and O–H groups in total. The monoisotopic (exact) mass is 320 g/mol. The molecule has 2 aromatic rings. The van der Waals surface area contributed by atoms with Gasteiger partial charge in [-0.3, -0.25) is 9.59 Å². The largest absolute Gasteiger partial charge is 0.472 e. The van der Waals surface area contributed by atoms with Crippen LogP contribution in [0.1, 0.15) is 23.7 Å². The molecule has 0 saturated carbocycles. The number of carbonyl (C=O) groups excluding carboxylic acids is 2. The van der Waals surface area contributed by atoms with Crippen molar-refractivity contribution in [2.75, 3.05) is 11.9 Å². The summed E-state index contributed by atoms with van der Waals surface area (Å²) in [6.45, 7) is 1.71. The maximum absolute atomic E-state index is 13.4. The highest BCUT2D eigenvalue weighted by atomic mass is 19.1. The van der Waals surface area contributed by atoms with Crippen molar-refractivity contribution in [1.29, 1.82) is 0 Å². The summed E-state index contributed by atoms with van der Waals surface area (Å²) in [6, 6.07) is 5.77. The highest BCUT2D eigenvalue weighted by Crippen LogP contribution is 2.16. The number of carbonyl (C=O) groups is 2. The van der Waals surface area contributed by atoms with Gasteiger partial charge in [-0.1, -0.05) is 6.07 Å². The van der Waals surface area contributed by atoms with Crippen molar-refractivity contribution in [3.05, 3.63) is 53.7 Å². The summed E-state index contributed by atoms with van der Waals surface area (Å²) in [4.78, 5) is 23.3. The molecular formula is C16H17FN2O4. The van der Waals surface area contributed by atoms with Crippen molar-refractivity contribution < 1.29 is 23.5 Å². The Morgan fingerprint density at radius 2 is 2.09 bits per heavy atom. The first kappa shape index (κ1) is 16.7. The number of aryl methyl sites for hydroxylation is 1. The number of aliphatic hydroxyl groups is 1. The van der Waals surface area contributed by atoms with Crippen LogP contribution in [0.4, 0.5) is 10.1 Å². The number of halogens is 1. The average Bonchev–Trinajstić information content (AvgIpc) is 3.05. The van der Waals surface area contributed by atoms with Gasteiger partial charge in [0.15, 0.2) is 0 Å². The molecule has 0 spiro atoms. The van der Waals surface area contributed by atoms with Crippen LogP contribution in [-0.2, 0) is 9.59 Å². The van der Waals surface area contributed by atoms with Gasteiger partial charge >= 0.3 is 11.8 Å². The Balaban J connectivity index is 1.78. The van der Waals surface area contributed by atoms with Crippen molar-refractivity contribution in [3.8, 4) is 0 Å². The van der Waals surface area contributed by atoms with Gasteiger partial charge in [-0.25, -0.2) is 4.39 Å². The smallest absolute Gasteiger partial charge is 0.313 e. The number of nitrogens with one attached hydrogen (secondary N) is 2. The lowest BCUT2D eigenvalue weighted by atomic mass is 10.1. The summed E-state index contributed by atoms with van der Waals surface area (Å²) in [7, 11) is 0. The van der Waals surface area contributed by atoms with E-state index in [-0.39, 0.29) is 18.7 Å². The van der Waals surface area contributed by atoms with Crippen molar-refractivity contribution in [1.82, 2.24) is 5.32 Å². The minimum Gasteiger partial charge on any atom is -0.472 e. The molecule has 6 nitrogen and oxygen atoms in total. The second-order valence-electron chi connectivity index (χ2n) is 5.04. The molecule has 0 bridgehead atoms. The van der Waals surface area contributed by atoms with Gasteiger partial charge in [-0.05, 0) is 37.1 Å². The van der Waals surface area contributed by atoms with Crippen LogP contribution in [0.5, 0.6) is 0 Å². The van der Waals surface area contributed by atoms with Crippen LogP contribution in [0.15, 0.2) is 41.2 Å². The summed E-state index contributed by atoms with van der Waals surface area (Å²) in [6.07, 6.45) is 2.29. The van der Waals surface area contributed by atoms with Gasteiger partial charge in [-0.15, -0.1) is 0 Å². The molecular weight excluding hydrogens is 303 g/mol. The number of hydrogen-bond donors (Lipinski definition) is 3. The van der Waals surface area contributed by atoms with Gasteiger partial charge in [0.1, 0.15) is 5.82 Å². The van der Waals surface area contributed by atoms with E-state index in [4.69, 9.17) is 4.42 Å². The summed E-state index contributed by atoms with van der Waals surface area (Å²) in [5.74, 6) is -2.22. The van der Waals surface area contributed by atoms with Crippen LogP contribution in [0.2, 0.25) is 0 Å². The van der Waals surface area contributed by atoms with Crippen LogP contribution >= 0.6 is 0 Å². The predicted octanol–water partition coefficient (Wildman–Crippen LogP) is 1.91. The zero-order valence-corrected chi connectivity index (χ0v) is 12.5. The molecule has 0 aliphatic carbocycles. The van der Waals surface area contributed by atoms with Crippen LogP contribution in [0.3, 0.4) is 0 Å². The molecule has 0 saturated heterocycles. The van der Waals surface area contributed by atoms with Crippen LogP contribution < -0.4 is 10.6 Å². The fourth-order valence-corrected chi connectivity index (χ4v) is 1.89. The minimum absolute atomic E-state index is 0.112. The molecule has 0 fully saturated rings. The Morgan fingerprint density at radius 3 is 2.74 bits per heavy atom. The van der Waals surface area contributed by atoms with E-state index in [0.29, 0.717) is 11.1 Å². The van der Waals surface area contributed by atoms with Gasteiger partial charge in [0.25, 0.3) is 0 Å². The van der Waals surface area contributed by atoms with E-state index in [0.717, 1.165) is 6.07 Å². The van der Waals surface area contributed by atoms with Gasteiger partial charge in [0.2, 0.25) is 0 Å². The van der Waals surface area contributed by atoms with E-state index in [1.165, 1.54) is 24.7 Å². The van der Waals surface area contributed by atoms with E-state index in [1.807, 2.05) is 0 Å². The fourth-order valence-electron chi connectivity index (χ4n) is 1.89. The van der Waals surface area contributed by atoms with E-state index in [1.54, 1.807) is 13.0 Å². The van der Waals surface area contributed by atoms with E-state index in [9.17, 15) is 19.1 Å². The molecule has 1 aromatic carbocycles. The summed E-state index contributed by atoms with van der Waals surface area (Å²) in [5, 5.41) is 14.5. The maximum Gasteiger partial charge on any atom is 0.313 e. The van der Waals surface area contributed by atoms with Gasteiger partial charge in [0, 0.05) is 17.8 Å². The Bertz CT molecular complexity index is 685. The average molecular weight is 320 g/mol. The normalized spacial score (nSPS) is 11.8. The third-order valence-corrected chi connectivity index (χ3v) is 3.27. The van der Waals surface area contributed by atoms with Gasteiger partial charge < -0.3 is 20.2 Å². The summed E-state index contributed by atoms with van der Waals surface area (Å²) >= 11 is 0. The highest BCUT2D eigenvalue weighted by molar-refractivity contribution is 6.39. The van der Waals surface area contributed by atoms with Gasteiger partial charge in [-0.2, -0.15) is 0 Å². The maximum atomic E-state index is 13.4. The number of furan rings is 1. The molecule has 2 amide bonds. The zero-order valence-electron chi connectivity index (χ0n) is 12.5. The summed E-state index contributed by atoms with van der Waals surface area (Å²) in [5.41, 5.74) is 1.24. The Kier molecular flexibility index (Phi) is 5.48. The Labute approximate surface area is 132 Å². The van der Waals surface area contributed by atoms with Crippen molar-refractivity contribution in [2.45, 2.75) is 19.4 Å². The molecule has 1 unspecified atom stereocenters. The number of rotatable bonds is 5. The van der Waals surface area contributed by atoms with Crippen LogP contribution in [-0.4, -0.2) is 23.5 Å². The van der Waals surface area contributed by atoms with Crippen molar-refractivity contribution in [3.63, 3.8) is 0 Å². The number of anilines is 1. The third kappa shape index (κ3) is 4.65. The van der Waals surface area contributed by atoms with Crippen molar-refractivity contribution in [2.24, 2.45) is 0 Å². The second-order valence-corrected chi connectivity index (χ2v) is 5.04. The Hall–Kier alpha value is -2.67. The lowest BCUT2D eigenvalue weighted by Crippen LogP contribution is -2.36. The van der Waals surface area contributed by atoms with Crippen molar-refractivity contribution >= 4 is 17.5 Å². The highest BCUT2D eigenvalue weighted by Gasteiger charge is 2.15. The molecule has 1 aromatic heterocycles. The van der Waals surface area contributed by atoms with Crippen LogP contribution in [0.25, 0.3) is 0 Å². The molecule has 122 valence electrons. The first-order valence-corrected chi connectivity index (χ1v) is 7.03. The van der Waals surface area contributed by atoms with E-state index < -0.39 is 23.7 Å². The molecule has 1 atom stereocenters. The number of aliphatic hydroxyl groups excluding tert-OH is 1. The summed E-state index contributed by atoms with van der Waals surface area (Å²) < 4.78 is 18.2. The van der Waals surface area contributed by atoms with E-state index in [2.05, 4.69) is 10.6 Å². The molecule has 0 aliphatic rings. The number of hydrogen-bond acceptors (Lipinski definition) is 4. The minimum atomic E-state index is -0.897. The third-order valence-electron chi connectivity index (χ3n) is 3.27. The first-order valence-electron chi connectivity index (χ1n) is 7.03. The fraction of sp³-hybridized carbons (Fsp3) is 0.250. The number of benzene rings is 1. The van der Waals surface area contributed by atoms with Gasteiger partial charge in [0.05, 0.1) is 18.6 Å². The molecule has 23 heavy (non-hydrogen) atoms. The Morgan fingerprint density at radius 1 is 1.30 bits per heavy atom. The molecule has 2 rings (SSSR count). The molecule has 1 heterocycles. The lowest BCUT2D eigenvalue weighted by molar-refractivity contribution is -0.136. The van der Waals surface area contributed by atoms with E-state index >= 15 is 0 Å².